The fourth-order valence-corrected chi connectivity index (χ4v) is 2.97. The van der Waals surface area contributed by atoms with Gasteiger partial charge in [-0.05, 0) is 43.7 Å². The van der Waals surface area contributed by atoms with Gasteiger partial charge in [-0.3, -0.25) is 4.79 Å². The summed E-state index contributed by atoms with van der Waals surface area (Å²) in [5.74, 6) is 0.547. The van der Waals surface area contributed by atoms with Crippen LogP contribution in [0.5, 0.6) is 0 Å². The number of hydrogen-bond donors (Lipinski definition) is 0. The molecule has 0 aliphatic rings. The molecule has 7 nitrogen and oxygen atoms in total. The first-order valence-electron chi connectivity index (χ1n) is 9.38. The number of amides is 1. The number of aryl methyl sites for hydroxylation is 2. The molecule has 7 heteroatoms. The van der Waals surface area contributed by atoms with Crippen LogP contribution in [0, 0.1) is 13.8 Å². The zero-order chi connectivity index (χ0) is 21.0. The fourth-order valence-electron chi connectivity index (χ4n) is 2.97. The molecule has 0 saturated carbocycles. The van der Waals surface area contributed by atoms with Crippen molar-refractivity contribution in [1.29, 1.82) is 0 Å². The van der Waals surface area contributed by atoms with Gasteiger partial charge in [-0.2, -0.15) is 5.10 Å². The van der Waals surface area contributed by atoms with Crippen molar-refractivity contribution in [2.75, 3.05) is 26.0 Å². The Morgan fingerprint density at radius 2 is 1.83 bits per heavy atom. The molecule has 1 aromatic carbocycles. The Labute approximate surface area is 171 Å². The van der Waals surface area contributed by atoms with E-state index in [1.165, 1.54) is 0 Å². The number of carbonyl (C=O) groups excluding carboxylic acids is 1. The lowest BCUT2D eigenvalue weighted by Gasteiger charge is -2.16. The molecule has 150 valence electrons. The minimum absolute atomic E-state index is 0.0850. The van der Waals surface area contributed by atoms with Crippen molar-refractivity contribution < 1.29 is 4.79 Å². The van der Waals surface area contributed by atoms with Crippen LogP contribution >= 0.6 is 0 Å². The molecular formula is C22H26N6O. The Morgan fingerprint density at radius 1 is 1.10 bits per heavy atom. The normalized spacial score (nSPS) is 11.1. The molecule has 0 aliphatic heterocycles. The molecule has 2 aromatic heterocycles. The highest BCUT2D eigenvalue weighted by Crippen LogP contribution is 2.15. The number of likely N-dealkylation sites (N-methyl/N-ethyl adjacent to an activating group) is 1. The highest BCUT2D eigenvalue weighted by atomic mass is 16.2. The first-order chi connectivity index (χ1) is 13.8. The van der Waals surface area contributed by atoms with Gasteiger partial charge < -0.3 is 9.80 Å². The molecule has 3 rings (SSSR count). The SMILES string of the molecule is Cc1cc(C)n(-c2cccc(CN(C)C(=O)C=Cc3cnc(N(C)C)nc3)c2)n1. The average Bonchev–Trinajstić information content (AvgIpc) is 3.04. The number of aromatic nitrogens is 4. The lowest BCUT2D eigenvalue weighted by Crippen LogP contribution is -2.24. The van der Waals surface area contributed by atoms with E-state index in [9.17, 15) is 4.79 Å². The summed E-state index contributed by atoms with van der Waals surface area (Å²) in [7, 11) is 5.55. The summed E-state index contributed by atoms with van der Waals surface area (Å²) in [5, 5.41) is 4.53. The van der Waals surface area contributed by atoms with Crippen LogP contribution in [0.25, 0.3) is 11.8 Å². The van der Waals surface area contributed by atoms with E-state index < -0.39 is 0 Å². The Kier molecular flexibility index (Phi) is 6.07. The standard InChI is InChI=1S/C22H26N6O/c1-16-11-17(2)28(25-16)20-8-6-7-18(12-20)15-27(5)21(29)10-9-19-13-23-22(24-14-19)26(3)4/h6-14H,15H2,1-5H3. The Hall–Kier alpha value is -3.48. The molecular weight excluding hydrogens is 364 g/mol. The number of anilines is 1. The van der Waals surface area contributed by atoms with E-state index >= 15 is 0 Å². The zero-order valence-electron chi connectivity index (χ0n) is 17.5. The minimum Gasteiger partial charge on any atom is -0.347 e. The van der Waals surface area contributed by atoms with Gasteiger partial charge in [0.2, 0.25) is 11.9 Å². The molecule has 0 aliphatic carbocycles. The van der Waals surface area contributed by atoms with E-state index in [-0.39, 0.29) is 5.91 Å². The van der Waals surface area contributed by atoms with Gasteiger partial charge in [0.25, 0.3) is 0 Å². The number of benzene rings is 1. The van der Waals surface area contributed by atoms with Crippen LogP contribution in [0.2, 0.25) is 0 Å². The number of carbonyl (C=O) groups is 1. The fraction of sp³-hybridized carbons (Fsp3) is 0.273. The largest absolute Gasteiger partial charge is 0.347 e. The highest BCUT2D eigenvalue weighted by Gasteiger charge is 2.09. The van der Waals surface area contributed by atoms with E-state index in [4.69, 9.17) is 0 Å². The maximum absolute atomic E-state index is 12.5. The maximum Gasteiger partial charge on any atom is 0.246 e. The third-order valence-electron chi connectivity index (χ3n) is 4.44. The average molecular weight is 390 g/mol. The molecule has 0 bridgehead atoms. The van der Waals surface area contributed by atoms with Crippen molar-refractivity contribution in [3.63, 3.8) is 0 Å². The van der Waals surface area contributed by atoms with Crippen LogP contribution in [0.4, 0.5) is 5.95 Å². The Morgan fingerprint density at radius 3 is 2.45 bits per heavy atom. The van der Waals surface area contributed by atoms with E-state index in [0.717, 1.165) is 28.2 Å². The first-order valence-corrected chi connectivity index (χ1v) is 9.38. The van der Waals surface area contributed by atoms with Gasteiger partial charge in [0.1, 0.15) is 0 Å². The third-order valence-corrected chi connectivity index (χ3v) is 4.44. The van der Waals surface area contributed by atoms with Crippen LogP contribution in [-0.4, -0.2) is 51.7 Å². The monoisotopic (exact) mass is 390 g/mol. The summed E-state index contributed by atoms with van der Waals surface area (Å²) in [6, 6.07) is 10.1. The Bertz CT molecular complexity index is 1020. The molecule has 0 spiro atoms. The molecule has 0 N–H and O–H groups in total. The molecule has 3 aromatic rings. The predicted octanol–water partition coefficient (Wildman–Crippen LogP) is 3.02. The summed E-state index contributed by atoms with van der Waals surface area (Å²) in [6.45, 7) is 4.51. The third kappa shape index (κ3) is 5.07. The van der Waals surface area contributed by atoms with Gasteiger partial charge in [0.15, 0.2) is 0 Å². The second kappa shape index (κ2) is 8.68. The predicted molar refractivity (Wildman–Crippen MR) is 115 cm³/mol. The van der Waals surface area contributed by atoms with Crippen molar-refractivity contribution in [3.8, 4) is 5.69 Å². The van der Waals surface area contributed by atoms with Crippen molar-refractivity contribution >= 4 is 17.9 Å². The highest BCUT2D eigenvalue weighted by molar-refractivity contribution is 5.91. The zero-order valence-corrected chi connectivity index (χ0v) is 17.5. The Balaban J connectivity index is 1.66. The summed E-state index contributed by atoms with van der Waals surface area (Å²) in [5.41, 5.74) is 4.87. The van der Waals surface area contributed by atoms with Crippen LogP contribution in [-0.2, 0) is 11.3 Å². The molecule has 29 heavy (non-hydrogen) atoms. The number of hydrogen-bond acceptors (Lipinski definition) is 5. The van der Waals surface area contributed by atoms with E-state index in [0.29, 0.717) is 12.5 Å². The number of nitrogens with zero attached hydrogens (tertiary/aromatic N) is 6. The molecule has 0 unspecified atom stereocenters. The van der Waals surface area contributed by atoms with Crippen molar-refractivity contribution in [1.82, 2.24) is 24.6 Å². The van der Waals surface area contributed by atoms with Crippen LogP contribution < -0.4 is 4.90 Å². The number of rotatable bonds is 6. The van der Waals surface area contributed by atoms with Gasteiger partial charge in [-0.1, -0.05) is 12.1 Å². The van der Waals surface area contributed by atoms with Crippen molar-refractivity contribution in [3.05, 3.63) is 71.3 Å². The summed E-state index contributed by atoms with van der Waals surface area (Å²) >= 11 is 0. The van der Waals surface area contributed by atoms with Crippen LogP contribution in [0.1, 0.15) is 22.5 Å². The molecule has 1 amide bonds. The maximum atomic E-state index is 12.5. The van der Waals surface area contributed by atoms with E-state index in [1.807, 2.05) is 61.8 Å². The van der Waals surface area contributed by atoms with Gasteiger partial charge in [-0.25, -0.2) is 14.6 Å². The molecule has 0 radical (unpaired) electrons. The van der Waals surface area contributed by atoms with Gasteiger partial charge >= 0.3 is 0 Å². The van der Waals surface area contributed by atoms with E-state index in [1.54, 1.807) is 36.5 Å². The molecule has 2 heterocycles. The molecule has 0 atom stereocenters. The van der Waals surface area contributed by atoms with Crippen LogP contribution in [0.15, 0.2) is 48.8 Å². The molecule has 0 saturated heterocycles. The van der Waals surface area contributed by atoms with Crippen molar-refractivity contribution in [2.45, 2.75) is 20.4 Å². The van der Waals surface area contributed by atoms with Gasteiger partial charge in [-0.15, -0.1) is 0 Å². The van der Waals surface area contributed by atoms with E-state index in [2.05, 4.69) is 21.1 Å². The smallest absolute Gasteiger partial charge is 0.246 e. The lowest BCUT2D eigenvalue weighted by atomic mass is 10.2. The topological polar surface area (TPSA) is 67.2 Å². The van der Waals surface area contributed by atoms with Crippen LogP contribution in [0.3, 0.4) is 0 Å². The lowest BCUT2D eigenvalue weighted by molar-refractivity contribution is -0.125. The summed E-state index contributed by atoms with van der Waals surface area (Å²) < 4.78 is 1.91. The van der Waals surface area contributed by atoms with Gasteiger partial charge in [0.05, 0.1) is 11.4 Å². The van der Waals surface area contributed by atoms with Crippen molar-refractivity contribution in [2.24, 2.45) is 0 Å². The van der Waals surface area contributed by atoms with Gasteiger partial charge in [0, 0.05) is 57.4 Å². The molecule has 0 fully saturated rings. The second-order valence-corrected chi connectivity index (χ2v) is 7.25. The second-order valence-electron chi connectivity index (χ2n) is 7.25. The summed E-state index contributed by atoms with van der Waals surface area (Å²) in [4.78, 5) is 24.5. The first kappa shape index (κ1) is 20.3. The summed E-state index contributed by atoms with van der Waals surface area (Å²) in [6.07, 6.45) is 6.66. The minimum atomic E-state index is -0.0850. The quantitative estimate of drug-likeness (QED) is 0.605.